The van der Waals surface area contributed by atoms with Crippen LogP contribution in [0.5, 0.6) is 5.75 Å². The average molecular weight is 418 g/mol. The fraction of sp³-hybridized carbons (Fsp3) is 0.238. The Bertz CT molecular complexity index is 1030. The van der Waals surface area contributed by atoms with E-state index in [0.29, 0.717) is 30.1 Å². The fourth-order valence-electron chi connectivity index (χ4n) is 3.21. The van der Waals surface area contributed by atoms with E-state index in [1.165, 1.54) is 17.4 Å². The van der Waals surface area contributed by atoms with Crippen molar-refractivity contribution >= 4 is 22.4 Å². The zero-order valence-corrected chi connectivity index (χ0v) is 16.0. The van der Waals surface area contributed by atoms with Crippen molar-refractivity contribution in [2.75, 3.05) is 11.9 Å². The summed E-state index contributed by atoms with van der Waals surface area (Å²) in [5, 5.41) is 3.22. The second kappa shape index (κ2) is 7.87. The summed E-state index contributed by atoms with van der Waals surface area (Å²) in [6.45, 7) is 0.297. The minimum atomic E-state index is -4.37. The van der Waals surface area contributed by atoms with Gasteiger partial charge >= 0.3 is 6.18 Å². The quantitative estimate of drug-likeness (QED) is 0.653. The average Bonchev–Trinajstić information content (AvgIpc) is 3.13. The van der Waals surface area contributed by atoms with Gasteiger partial charge in [-0.1, -0.05) is 36.4 Å². The highest BCUT2D eigenvalue weighted by atomic mass is 32.1. The molecule has 1 aliphatic rings. The molecule has 2 heterocycles. The van der Waals surface area contributed by atoms with Crippen molar-refractivity contribution in [1.82, 2.24) is 4.98 Å². The van der Waals surface area contributed by atoms with Crippen LogP contribution >= 0.6 is 11.3 Å². The molecule has 150 valence electrons. The summed E-state index contributed by atoms with van der Waals surface area (Å²) in [7, 11) is 0. The van der Waals surface area contributed by atoms with Crippen LogP contribution in [-0.4, -0.2) is 17.5 Å². The standard InChI is InChI=1S/C21H17F3N2O2S/c22-21(23,24)16-6-3-4-13(8-16)9-17-11-25-20(29-17)26-19(27)15-10-14-5-1-2-7-18(14)28-12-15/h1-8,11,15H,9-10,12H2,(H,25,26,27)/t15-/m0/s1. The van der Waals surface area contributed by atoms with Crippen molar-refractivity contribution in [2.45, 2.75) is 19.0 Å². The van der Waals surface area contributed by atoms with Crippen LogP contribution in [0.3, 0.4) is 0 Å². The lowest BCUT2D eigenvalue weighted by Crippen LogP contribution is -2.32. The SMILES string of the molecule is O=C(Nc1ncc(Cc2cccc(C(F)(F)F)c2)s1)[C@@H]1COc2ccccc2C1. The van der Waals surface area contributed by atoms with E-state index in [1.807, 2.05) is 24.3 Å². The van der Waals surface area contributed by atoms with E-state index < -0.39 is 11.7 Å². The van der Waals surface area contributed by atoms with Gasteiger partial charge in [-0.2, -0.15) is 13.2 Å². The number of rotatable bonds is 4. The molecule has 3 aromatic rings. The van der Waals surface area contributed by atoms with Crippen LogP contribution < -0.4 is 10.1 Å². The minimum absolute atomic E-state index is 0.181. The number of hydrogen-bond donors (Lipinski definition) is 1. The third-order valence-electron chi connectivity index (χ3n) is 4.67. The van der Waals surface area contributed by atoms with Gasteiger partial charge in [-0.05, 0) is 29.7 Å². The number of benzene rings is 2. The molecule has 0 bridgehead atoms. The summed E-state index contributed by atoms with van der Waals surface area (Å²) in [5.41, 5.74) is 0.854. The maximum atomic E-state index is 12.9. The monoisotopic (exact) mass is 418 g/mol. The number of nitrogens with zero attached hydrogens (tertiary/aromatic N) is 1. The van der Waals surface area contributed by atoms with Crippen LogP contribution in [0.2, 0.25) is 0 Å². The Morgan fingerprint density at radius 3 is 2.86 bits per heavy atom. The molecule has 0 saturated carbocycles. The van der Waals surface area contributed by atoms with Crippen molar-refractivity contribution in [2.24, 2.45) is 5.92 Å². The number of alkyl halides is 3. The largest absolute Gasteiger partial charge is 0.492 e. The molecule has 0 unspecified atom stereocenters. The fourth-order valence-corrected chi connectivity index (χ4v) is 4.06. The topological polar surface area (TPSA) is 51.2 Å². The Kier molecular flexibility index (Phi) is 5.27. The Morgan fingerprint density at radius 2 is 2.03 bits per heavy atom. The van der Waals surface area contributed by atoms with E-state index in [9.17, 15) is 18.0 Å². The summed E-state index contributed by atoms with van der Waals surface area (Å²) in [5.74, 6) is 0.300. The zero-order valence-electron chi connectivity index (χ0n) is 15.2. The summed E-state index contributed by atoms with van der Waals surface area (Å²) in [4.78, 5) is 17.5. The van der Waals surface area contributed by atoms with Gasteiger partial charge in [0, 0.05) is 17.5 Å². The van der Waals surface area contributed by atoms with Crippen LogP contribution in [-0.2, 0) is 23.8 Å². The molecular weight excluding hydrogens is 401 g/mol. The van der Waals surface area contributed by atoms with Gasteiger partial charge < -0.3 is 10.1 Å². The van der Waals surface area contributed by atoms with Crippen molar-refractivity contribution < 1.29 is 22.7 Å². The van der Waals surface area contributed by atoms with E-state index >= 15 is 0 Å². The number of carbonyl (C=O) groups excluding carboxylic acids is 1. The van der Waals surface area contributed by atoms with E-state index in [0.717, 1.165) is 28.3 Å². The van der Waals surface area contributed by atoms with Gasteiger partial charge in [0.25, 0.3) is 0 Å². The van der Waals surface area contributed by atoms with Gasteiger partial charge in [-0.25, -0.2) is 4.98 Å². The predicted octanol–water partition coefficient (Wildman–Crippen LogP) is 4.94. The Balaban J connectivity index is 1.39. The third-order valence-corrected chi connectivity index (χ3v) is 5.58. The first-order valence-corrected chi connectivity index (χ1v) is 9.82. The number of fused-ring (bicyclic) bond motifs is 1. The lowest BCUT2D eigenvalue weighted by molar-refractivity contribution is -0.137. The number of carbonyl (C=O) groups is 1. The minimum Gasteiger partial charge on any atom is -0.492 e. The maximum Gasteiger partial charge on any atom is 0.416 e. The van der Waals surface area contributed by atoms with Crippen molar-refractivity contribution in [3.05, 3.63) is 76.3 Å². The molecule has 0 aliphatic carbocycles. The van der Waals surface area contributed by atoms with Gasteiger partial charge in [-0.15, -0.1) is 11.3 Å². The van der Waals surface area contributed by atoms with Gasteiger partial charge in [0.05, 0.1) is 11.5 Å². The lowest BCUT2D eigenvalue weighted by atomic mass is 9.96. The van der Waals surface area contributed by atoms with Crippen LogP contribution in [0.4, 0.5) is 18.3 Å². The van der Waals surface area contributed by atoms with Crippen molar-refractivity contribution in [3.8, 4) is 5.75 Å². The zero-order chi connectivity index (χ0) is 20.4. The first-order chi connectivity index (χ1) is 13.9. The molecule has 0 fully saturated rings. The Hall–Kier alpha value is -2.87. The van der Waals surface area contributed by atoms with Gasteiger partial charge in [0.15, 0.2) is 5.13 Å². The first kappa shape index (κ1) is 19.4. The predicted molar refractivity (Wildman–Crippen MR) is 104 cm³/mol. The van der Waals surface area contributed by atoms with E-state index in [1.54, 1.807) is 12.3 Å². The number of hydrogen-bond acceptors (Lipinski definition) is 4. The number of anilines is 1. The second-order valence-corrected chi connectivity index (χ2v) is 7.93. The van der Waals surface area contributed by atoms with Gasteiger partial charge in [-0.3, -0.25) is 4.79 Å². The molecule has 0 saturated heterocycles. The molecule has 0 radical (unpaired) electrons. The van der Waals surface area contributed by atoms with Crippen molar-refractivity contribution in [1.29, 1.82) is 0 Å². The third kappa shape index (κ3) is 4.59. The Morgan fingerprint density at radius 1 is 1.21 bits per heavy atom. The summed E-state index contributed by atoms with van der Waals surface area (Å²) in [6, 6.07) is 12.8. The molecule has 1 N–H and O–H groups in total. The molecule has 1 atom stereocenters. The number of halogens is 3. The molecule has 1 amide bonds. The van der Waals surface area contributed by atoms with Crippen LogP contribution in [0.1, 0.15) is 21.6 Å². The number of ether oxygens (including phenoxy) is 1. The Labute approximate surface area is 169 Å². The normalized spacial score (nSPS) is 16.0. The lowest BCUT2D eigenvalue weighted by Gasteiger charge is -2.24. The molecule has 2 aromatic carbocycles. The molecule has 0 spiro atoms. The van der Waals surface area contributed by atoms with Crippen LogP contribution in [0.15, 0.2) is 54.7 Å². The first-order valence-electron chi connectivity index (χ1n) is 9.01. The van der Waals surface area contributed by atoms with Crippen LogP contribution in [0.25, 0.3) is 0 Å². The summed E-state index contributed by atoms with van der Waals surface area (Å²) in [6.07, 6.45) is -1.89. The number of amides is 1. The summed E-state index contributed by atoms with van der Waals surface area (Å²) >= 11 is 1.25. The summed E-state index contributed by atoms with van der Waals surface area (Å²) < 4.78 is 44.2. The highest BCUT2D eigenvalue weighted by molar-refractivity contribution is 7.15. The molecule has 4 rings (SSSR count). The van der Waals surface area contributed by atoms with E-state index in [2.05, 4.69) is 10.3 Å². The maximum absolute atomic E-state index is 12.9. The number of nitrogens with one attached hydrogen (secondary N) is 1. The molecule has 1 aliphatic heterocycles. The number of para-hydroxylation sites is 1. The van der Waals surface area contributed by atoms with Gasteiger partial charge in [0.2, 0.25) is 5.91 Å². The van der Waals surface area contributed by atoms with E-state index in [4.69, 9.17) is 4.74 Å². The molecule has 1 aromatic heterocycles. The smallest absolute Gasteiger partial charge is 0.416 e. The highest BCUT2D eigenvalue weighted by Gasteiger charge is 2.30. The molecule has 4 nitrogen and oxygen atoms in total. The van der Waals surface area contributed by atoms with E-state index in [-0.39, 0.29) is 11.8 Å². The second-order valence-electron chi connectivity index (χ2n) is 6.82. The highest BCUT2D eigenvalue weighted by Crippen LogP contribution is 2.31. The van der Waals surface area contributed by atoms with Crippen LogP contribution in [0, 0.1) is 5.92 Å². The molecule has 29 heavy (non-hydrogen) atoms. The molecule has 8 heteroatoms. The number of thiazole rings is 1. The van der Waals surface area contributed by atoms with Crippen molar-refractivity contribution in [3.63, 3.8) is 0 Å². The molecular formula is C21H17F3N2O2S. The number of aromatic nitrogens is 1. The van der Waals surface area contributed by atoms with Gasteiger partial charge in [0.1, 0.15) is 12.4 Å².